The number of aromatic nitrogens is 2. The summed E-state index contributed by atoms with van der Waals surface area (Å²) in [5, 5.41) is 6.53. The third-order valence-electron chi connectivity index (χ3n) is 4.72. The number of primary sulfonamides is 1. The first kappa shape index (κ1) is 24.4. The predicted molar refractivity (Wildman–Crippen MR) is 127 cm³/mol. The molecule has 1 amide bonds. The van der Waals surface area contributed by atoms with Crippen molar-refractivity contribution in [2.75, 3.05) is 26.0 Å². The third-order valence-corrected chi connectivity index (χ3v) is 6.84. The molecule has 0 saturated carbocycles. The van der Waals surface area contributed by atoms with Gasteiger partial charge in [-0.05, 0) is 48.9 Å². The first-order valence-corrected chi connectivity index (χ1v) is 12.9. The van der Waals surface area contributed by atoms with Gasteiger partial charge >= 0.3 is 0 Å². The Morgan fingerprint density at radius 1 is 1.25 bits per heavy atom. The molecule has 0 atom stereocenters. The van der Waals surface area contributed by atoms with E-state index in [4.69, 9.17) is 21.5 Å². The normalized spacial score (nSPS) is 11.6. The van der Waals surface area contributed by atoms with Gasteiger partial charge in [0.05, 0.1) is 28.2 Å². The summed E-state index contributed by atoms with van der Waals surface area (Å²) >= 11 is 7.18. The number of rotatable bonds is 10. The van der Waals surface area contributed by atoms with Crippen LogP contribution in [0.3, 0.4) is 0 Å². The van der Waals surface area contributed by atoms with Crippen molar-refractivity contribution in [2.45, 2.75) is 29.9 Å². The Bertz CT molecular complexity index is 1200. The van der Waals surface area contributed by atoms with Gasteiger partial charge < -0.3 is 14.2 Å². The zero-order chi connectivity index (χ0) is 23.3. The third kappa shape index (κ3) is 6.16. The molecule has 0 unspecified atom stereocenters. The predicted octanol–water partition coefficient (Wildman–Crippen LogP) is 3.38. The number of sulfonamides is 1. The van der Waals surface area contributed by atoms with Crippen LogP contribution in [0.2, 0.25) is 5.02 Å². The van der Waals surface area contributed by atoms with E-state index in [9.17, 15) is 13.2 Å². The van der Waals surface area contributed by atoms with Gasteiger partial charge in [0.25, 0.3) is 0 Å². The molecule has 3 aromatic rings. The van der Waals surface area contributed by atoms with Crippen LogP contribution >= 0.6 is 23.4 Å². The van der Waals surface area contributed by atoms with Gasteiger partial charge in [-0.15, -0.1) is 0 Å². The Morgan fingerprint density at radius 3 is 2.62 bits per heavy atom. The fraction of sp³-hybridized carbons (Fsp3) is 0.333. The number of carbonyl (C=O) groups excluding carboxylic acids is 1. The smallest absolute Gasteiger partial charge is 0.238 e. The van der Waals surface area contributed by atoms with E-state index in [1.807, 2.05) is 11.5 Å². The van der Waals surface area contributed by atoms with E-state index in [2.05, 4.69) is 4.98 Å². The van der Waals surface area contributed by atoms with Crippen molar-refractivity contribution in [3.05, 3.63) is 47.5 Å². The van der Waals surface area contributed by atoms with Crippen LogP contribution in [0.25, 0.3) is 11.0 Å². The zero-order valence-electron chi connectivity index (χ0n) is 17.8. The molecular formula is C21H25ClN4O4S2. The number of fused-ring (bicyclic) bond motifs is 1. The summed E-state index contributed by atoms with van der Waals surface area (Å²) in [5.74, 6) is 0.832. The topological polar surface area (TPSA) is 108 Å². The number of thioether (sulfide) groups is 1. The minimum atomic E-state index is -3.81. The molecule has 11 heteroatoms. The molecule has 2 N–H and O–H groups in total. The van der Waals surface area contributed by atoms with E-state index >= 15 is 0 Å². The number of hydrogen-bond donors (Lipinski definition) is 1. The number of benzene rings is 2. The number of ether oxygens (including phenoxy) is 1. The summed E-state index contributed by atoms with van der Waals surface area (Å²) in [4.78, 5) is 18.7. The lowest BCUT2D eigenvalue weighted by Gasteiger charge is -2.17. The molecule has 0 aliphatic heterocycles. The second kappa shape index (κ2) is 10.6. The number of carbonyl (C=O) groups is 1. The van der Waals surface area contributed by atoms with Gasteiger partial charge in [0.15, 0.2) is 5.16 Å². The molecule has 0 aliphatic carbocycles. The number of hydrogen-bond acceptors (Lipinski definition) is 6. The highest BCUT2D eigenvalue weighted by Gasteiger charge is 2.17. The second-order valence-electron chi connectivity index (χ2n) is 7.15. The highest BCUT2D eigenvalue weighted by Crippen LogP contribution is 2.26. The molecule has 3 rings (SSSR count). The molecule has 8 nitrogen and oxygen atoms in total. The van der Waals surface area contributed by atoms with E-state index in [0.29, 0.717) is 41.1 Å². The lowest BCUT2D eigenvalue weighted by atomic mass is 10.3. The number of imidazole rings is 1. The number of aryl methyl sites for hydroxylation is 1. The Kier molecular flexibility index (Phi) is 8.05. The minimum Gasteiger partial charge on any atom is -0.492 e. The number of halogens is 1. The molecule has 2 aromatic carbocycles. The molecule has 0 spiro atoms. The summed E-state index contributed by atoms with van der Waals surface area (Å²) in [7, 11) is -2.09. The molecule has 1 aromatic heterocycles. The van der Waals surface area contributed by atoms with Gasteiger partial charge in [-0.1, -0.05) is 30.3 Å². The largest absolute Gasteiger partial charge is 0.492 e. The summed E-state index contributed by atoms with van der Waals surface area (Å²) in [6.07, 6.45) is 0.867. The molecule has 0 fully saturated rings. The van der Waals surface area contributed by atoms with Crippen LogP contribution in [0.15, 0.2) is 52.5 Å². The lowest BCUT2D eigenvalue weighted by molar-refractivity contribution is -0.127. The Hall–Kier alpha value is -2.27. The van der Waals surface area contributed by atoms with Gasteiger partial charge in [-0.3, -0.25) is 4.79 Å². The summed E-state index contributed by atoms with van der Waals surface area (Å²) in [5.41, 5.74) is 1.34. The van der Waals surface area contributed by atoms with Crippen LogP contribution in [-0.4, -0.2) is 54.7 Å². The quantitative estimate of drug-likeness (QED) is 0.431. The standard InChI is InChI=1S/C21H25ClN4O4S2/c1-3-10-26-19-9-8-17(32(23,28)29)13-18(19)24-21(26)31-14-20(27)25(2)11-12-30-16-6-4-15(22)5-7-16/h4-9,13H,3,10-12,14H2,1-2H3,(H2,23,28,29). The van der Waals surface area contributed by atoms with Crippen LogP contribution < -0.4 is 9.88 Å². The number of nitrogens with two attached hydrogens (primary N) is 1. The molecule has 1 heterocycles. The molecular weight excluding hydrogens is 472 g/mol. The maximum atomic E-state index is 12.6. The van der Waals surface area contributed by atoms with Gasteiger partial charge in [0.2, 0.25) is 15.9 Å². The molecule has 172 valence electrons. The first-order valence-electron chi connectivity index (χ1n) is 9.97. The second-order valence-corrected chi connectivity index (χ2v) is 10.1. The van der Waals surface area contributed by atoms with Crippen LogP contribution in [0.4, 0.5) is 0 Å². The van der Waals surface area contributed by atoms with E-state index in [0.717, 1.165) is 11.9 Å². The van der Waals surface area contributed by atoms with Crippen molar-refractivity contribution >= 4 is 50.3 Å². The summed E-state index contributed by atoms with van der Waals surface area (Å²) < 4.78 is 30.9. The van der Waals surface area contributed by atoms with Crippen LogP contribution in [0.5, 0.6) is 5.75 Å². The van der Waals surface area contributed by atoms with Crippen molar-refractivity contribution in [1.29, 1.82) is 0 Å². The number of nitrogens with zero attached hydrogens (tertiary/aromatic N) is 3. The highest BCUT2D eigenvalue weighted by molar-refractivity contribution is 7.99. The van der Waals surface area contributed by atoms with Crippen LogP contribution in [-0.2, 0) is 21.4 Å². The first-order chi connectivity index (χ1) is 15.2. The molecule has 0 radical (unpaired) electrons. The van der Waals surface area contributed by atoms with E-state index in [-0.39, 0.29) is 16.6 Å². The van der Waals surface area contributed by atoms with Gasteiger partial charge in [-0.2, -0.15) is 0 Å². The monoisotopic (exact) mass is 496 g/mol. The number of amides is 1. The summed E-state index contributed by atoms with van der Waals surface area (Å²) in [6.45, 7) is 3.54. The van der Waals surface area contributed by atoms with Crippen molar-refractivity contribution in [3.8, 4) is 5.75 Å². The van der Waals surface area contributed by atoms with Crippen molar-refractivity contribution in [2.24, 2.45) is 5.14 Å². The highest BCUT2D eigenvalue weighted by atomic mass is 35.5. The fourth-order valence-corrected chi connectivity index (χ4v) is 4.65. The Labute approximate surface area is 196 Å². The van der Waals surface area contributed by atoms with E-state index < -0.39 is 10.0 Å². The van der Waals surface area contributed by atoms with Gasteiger partial charge in [0.1, 0.15) is 12.4 Å². The van der Waals surface area contributed by atoms with Crippen molar-refractivity contribution < 1.29 is 17.9 Å². The van der Waals surface area contributed by atoms with Crippen molar-refractivity contribution in [3.63, 3.8) is 0 Å². The average molecular weight is 497 g/mol. The molecule has 32 heavy (non-hydrogen) atoms. The maximum Gasteiger partial charge on any atom is 0.238 e. The molecule has 0 aliphatic rings. The SMILES string of the molecule is CCCn1c(SCC(=O)N(C)CCOc2ccc(Cl)cc2)nc2cc(S(N)(=O)=O)ccc21. The van der Waals surface area contributed by atoms with Crippen LogP contribution in [0, 0.1) is 0 Å². The summed E-state index contributed by atoms with van der Waals surface area (Å²) in [6, 6.07) is 11.7. The van der Waals surface area contributed by atoms with E-state index in [1.165, 1.54) is 23.9 Å². The maximum absolute atomic E-state index is 12.6. The Morgan fingerprint density at radius 2 is 1.97 bits per heavy atom. The van der Waals surface area contributed by atoms with Crippen molar-refractivity contribution in [1.82, 2.24) is 14.5 Å². The number of likely N-dealkylation sites (N-methyl/N-ethyl adjacent to an activating group) is 1. The van der Waals surface area contributed by atoms with Crippen LogP contribution in [0.1, 0.15) is 13.3 Å². The molecule has 0 saturated heterocycles. The lowest BCUT2D eigenvalue weighted by Crippen LogP contribution is -2.32. The average Bonchev–Trinajstić information content (AvgIpc) is 3.09. The Balaban J connectivity index is 1.62. The van der Waals surface area contributed by atoms with Gasteiger partial charge in [0, 0.05) is 18.6 Å². The molecule has 0 bridgehead atoms. The zero-order valence-corrected chi connectivity index (χ0v) is 20.2. The fourth-order valence-electron chi connectivity index (χ4n) is 3.01. The van der Waals surface area contributed by atoms with Gasteiger partial charge in [-0.25, -0.2) is 18.5 Å². The minimum absolute atomic E-state index is 0.0131. The van der Waals surface area contributed by atoms with E-state index in [1.54, 1.807) is 42.3 Å².